The van der Waals surface area contributed by atoms with Gasteiger partial charge in [0.05, 0.1) is 19.8 Å². The van der Waals surface area contributed by atoms with Crippen molar-refractivity contribution in [3.8, 4) is 0 Å². The first-order valence-electron chi connectivity index (χ1n) is 28.2. The second-order valence-corrected chi connectivity index (χ2v) is 24.4. The van der Waals surface area contributed by atoms with E-state index in [2.05, 4.69) is 35.1 Å². The Hall–Kier alpha value is -5.27. The van der Waals surface area contributed by atoms with Gasteiger partial charge in [-0.2, -0.15) is 0 Å². The zero-order valence-electron chi connectivity index (χ0n) is 50.4. The fourth-order valence-corrected chi connectivity index (χ4v) is 9.99. The molecular formula is C55H90ClN7O19P2. The summed E-state index contributed by atoms with van der Waals surface area (Å²) in [7, 11) is -7.02. The molecule has 0 saturated carbocycles. The zero-order valence-corrected chi connectivity index (χ0v) is 53.0. The smallest absolute Gasteiger partial charge is 0.456 e. The minimum Gasteiger partial charge on any atom is -0.456 e. The predicted molar refractivity (Wildman–Crippen MR) is 311 cm³/mol. The average Bonchev–Trinajstić information content (AvgIpc) is 3.44. The van der Waals surface area contributed by atoms with Crippen LogP contribution < -0.4 is 27.0 Å². The molecule has 1 aromatic rings. The molecule has 0 spiro atoms. The number of likely N-dealkylation sites (N-methyl/N-ethyl adjacent to an activating group) is 2. The van der Waals surface area contributed by atoms with E-state index in [0.29, 0.717) is 61.2 Å². The quantitative estimate of drug-likeness (QED) is 0.0117. The highest BCUT2D eigenvalue weighted by molar-refractivity contribution is 7.49. The molecule has 0 bridgehead atoms. The molecule has 29 heteroatoms. The van der Waals surface area contributed by atoms with E-state index in [0.717, 1.165) is 9.80 Å². The first kappa shape index (κ1) is 74.8. The van der Waals surface area contributed by atoms with Gasteiger partial charge in [0.1, 0.15) is 36.4 Å². The number of carbonyl (C=O) groups is 8. The molecule has 11 atom stereocenters. The molecule has 1 aliphatic heterocycles. The van der Waals surface area contributed by atoms with Crippen molar-refractivity contribution in [3.63, 3.8) is 0 Å². The van der Waals surface area contributed by atoms with E-state index in [1.54, 1.807) is 78.8 Å². The third-order valence-electron chi connectivity index (χ3n) is 13.8. The van der Waals surface area contributed by atoms with E-state index < -0.39 is 124 Å². The second kappa shape index (κ2) is 37.3. The number of amides is 6. The summed E-state index contributed by atoms with van der Waals surface area (Å²) in [5, 5.41) is 11.1. The van der Waals surface area contributed by atoms with Crippen molar-refractivity contribution in [2.45, 2.75) is 176 Å². The number of alkyl carbamates (subject to hydrolysis) is 1. The Labute approximate surface area is 498 Å². The fourth-order valence-electron chi connectivity index (χ4n) is 8.38. The van der Waals surface area contributed by atoms with Crippen LogP contribution in [0.1, 0.15) is 133 Å². The van der Waals surface area contributed by atoms with Crippen molar-refractivity contribution in [2.24, 2.45) is 23.5 Å². The lowest BCUT2D eigenvalue weighted by Crippen LogP contribution is -2.57. The van der Waals surface area contributed by atoms with Gasteiger partial charge < -0.3 is 60.8 Å². The number of halogens is 1. The van der Waals surface area contributed by atoms with Crippen LogP contribution in [0.5, 0.6) is 0 Å². The number of ether oxygens (including phenoxy) is 3. The number of nitrogens with zero attached hydrogens (tertiary/aromatic N) is 2. The van der Waals surface area contributed by atoms with E-state index in [1.165, 1.54) is 40.9 Å². The van der Waals surface area contributed by atoms with E-state index in [4.69, 9.17) is 36.1 Å². The van der Waals surface area contributed by atoms with Crippen LogP contribution in [0.2, 0.25) is 5.02 Å². The first-order chi connectivity index (χ1) is 39.4. The normalized spacial score (nSPS) is 25.2. The van der Waals surface area contributed by atoms with Gasteiger partial charge in [0.15, 0.2) is 6.10 Å². The van der Waals surface area contributed by atoms with Crippen LogP contribution in [0.25, 0.3) is 0 Å². The van der Waals surface area contributed by atoms with Gasteiger partial charge in [0.2, 0.25) is 23.6 Å². The minimum atomic E-state index is -4.94. The molecule has 0 saturated heterocycles. The summed E-state index contributed by atoms with van der Waals surface area (Å²) in [5.41, 5.74) is 6.56. The summed E-state index contributed by atoms with van der Waals surface area (Å²) >= 11 is 6.15. The Morgan fingerprint density at radius 1 is 0.857 bits per heavy atom. The number of allylic oxidation sites excluding steroid dienone is 1. The molecule has 26 nitrogen and oxygen atoms in total. The molecule has 3 unspecified atom stereocenters. The topological polar surface area (TPSA) is 356 Å². The molecule has 84 heavy (non-hydrogen) atoms. The Bertz CT molecular complexity index is 2500. The van der Waals surface area contributed by atoms with Crippen molar-refractivity contribution in [3.05, 3.63) is 58.1 Å². The lowest BCUT2D eigenvalue weighted by atomic mass is 9.90. The van der Waals surface area contributed by atoms with Crippen LogP contribution in [0.4, 0.5) is 4.79 Å². The van der Waals surface area contributed by atoms with Gasteiger partial charge in [-0.3, -0.25) is 33.0 Å². The lowest BCUT2D eigenvalue weighted by molar-refractivity contribution is -0.155. The van der Waals surface area contributed by atoms with Crippen LogP contribution in [0.15, 0.2) is 47.6 Å². The molecule has 2 rings (SSSR count). The van der Waals surface area contributed by atoms with Gasteiger partial charge in [-0.1, -0.05) is 76.9 Å². The Kier molecular flexibility index (Phi) is 33.2. The molecule has 1 aromatic carbocycles. The maximum atomic E-state index is 14.3. The van der Waals surface area contributed by atoms with Gasteiger partial charge in [0.25, 0.3) is 5.91 Å². The summed E-state index contributed by atoms with van der Waals surface area (Å²) in [5.74, 6) is -6.88. The summed E-state index contributed by atoms with van der Waals surface area (Å²) in [4.78, 5) is 134. The summed E-state index contributed by atoms with van der Waals surface area (Å²) in [6.07, 6.45) is 1.33. The van der Waals surface area contributed by atoms with Gasteiger partial charge in [-0.05, 0) is 121 Å². The molecule has 0 aromatic heterocycles. The number of esters is 2. The summed E-state index contributed by atoms with van der Waals surface area (Å²) in [6, 6.07) is 1.64. The number of carbonyl (C=O) groups excluding carboxylic acids is 8. The van der Waals surface area contributed by atoms with Crippen LogP contribution >= 0.6 is 27.2 Å². The molecule has 0 aliphatic carbocycles. The number of unbranched alkanes of at least 4 members (excludes halogenated alkanes) is 4. The number of nitrogens with two attached hydrogens (primary N) is 1. The fraction of sp³-hybridized carbons (Fsp3) is 0.673. The highest BCUT2D eigenvalue weighted by Crippen LogP contribution is 2.52. The molecule has 476 valence electrons. The number of phosphoric acid groups is 2. The first-order valence-corrected chi connectivity index (χ1v) is 31.6. The van der Waals surface area contributed by atoms with E-state index in [9.17, 15) is 57.3 Å². The number of cyclic esters (lactones) is 2. The van der Waals surface area contributed by atoms with E-state index >= 15 is 0 Å². The molecule has 1 heterocycles. The van der Waals surface area contributed by atoms with E-state index in [-0.39, 0.29) is 56.9 Å². The second-order valence-electron chi connectivity index (χ2n) is 21.3. The maximum absolute atomic E-state index is 14.3. The third kappa shape index (κ3) is 27.0. The Morgan fingerprint density at radius 3 is 2.00 bits per heavy atom. The number of rotatable bonds is 24. The highest BCUT2D eigenvalue weighted by Gasteiger charge is 2.38. The van der Waals surface area contributed by atoms with Gasteiger partial charge in [-0.15, -0.1) is 9.35 Å². The summed E-state index contributed by atoms with van der Waals surface area (Å²) < 4.78 is 59.9. The molecule has 0 fully saturated rings. The van der Waals surface area contributed by atoms with E-state index in [1.807, 2.05) is 0 Å². The minimum absolute atomic E-state index is 0.00527. The van der Waals surface area contributed by atoms with Crippen molar-refractivity contribution in [1.82, 2.24) is 31.1 Å². The zero-order chi connectivity index (χ0) is 63.5. The molecule has 6 amide bonds. The van der Waals surface area contributed by atoms with Crippen molar-refractivity contribution in [1.29, 1.82) is 0 Å². The molecule has 8 N–H and O–H groups in total. The van der Waals surface area contributed by atoms with Gasteiger partial charge >= 0.3 is 33.7 Å². The maximum Gasteiger partial charge on any atom is 0.499 e. The van der Waals surface area contributed by atoms with Crippen molar-refractivity contribution >= 4 is 74.8 Å². The Balaban J connectivity index is 2.49. The molecule has 1 aliphatic rings. The van der Waals surface area contributed by atoms with Gasteiger partial charge in [-0.25, -0.2) is 23.5 Å². The largest absolute Gasteiger partial charge is 0.499 e. The van der Waals surface area contributed by atoms with Gasteiger partial charge in [0, 0.05) is 50.0 Å². The number of phosphoric ester groups is 2. The van der Waals surface area contributed by atoms with Crippen LogP contribution in [-0.4, -0.2) is 157 Å². The third-order valence-corrected chi connectivity index (χ3v) is 15.7. The number of hydrogen-bond donors (Lipinski definition) is 7. The van der Waals surface area contributed by atoms with Crippen molar-refractivity contribution < 1.29 is 89.9 Å². The monoisotopic (exact) mass is 1250 g/mol. The van der Waals surface area contributed by atoms with Crippen LogP contribution in [0.3, 0.4) is 0 Å². The average molecular weight is 1250 g/mol. The van der Waals surface area contributed by atoms with Crippen molar-refractivity contribution in [2.75, 3.05) is 46.9 Å². The number of nitrogens with one attached hydrogen (secondary N) is 4. The molecule has 0 radical (unpaired) electrons. The Morgan fingerprint density at radius 2 is 1.44 bits per heavy atom. The summed E-state index contributed by atoms with van der Waals surface area (Å²) in [6.45, 7) is 15.8. The predicted octanol–water partition coefficient (Wildman–Crippen LogP) is 6.11. The SMILES string of the molecule is C/C=C(\C)[C@H]1OC(=O)[C@@H](C)NC(=O)[C@H](C(C)CC)NC(=O)CN(C)C(=O)[C@@H](Cc2ccc(Cl)cc2)N(C)C(=O)[C@H](C)NC(=O)[C@@H](CC(C)C)OC(=O)/C(C)=C/C[C@H](OC(=O)NCCCCCOP(=O)(O)OOP(=O)(O)OCCCCCN)[C@@H]1C. The number of benzene rings is 1. The highest BCUT2D eigenvalue weighted by atomic mass is 35.5. The standard InChI is InChI=1S/C55H90ClN7O19P2/c1-13-35(5)47-50(66)60-40(10)54(70)80-48(36(6)14-2)38(8)44(79-55(71)58-28-18-16-20-30-77-84(74,75)82-81-83(72,73)76-29-19-15-17-27-57)26-21-37(7)53(69)78-45(31-34(3)4)49(65)59-39(9)51(67)63(12)43(32-41-22-24-42(56)25-23-41)52(68)62(11)33-46(64)61-47/h14,21-25,34-35,38-40,43-45,47-48H,13,15-20,26-33,57H2,1-12H3,(H,58,71)(H,59,65)(H,60,66)(H,61,64)(H,72,73)(H,74,75)/b36-14+,37-21+/t35?,38-,39-,40+,43+,44-,45+,47-,48+/m0/s1. The van der Waals surface area contributed by atoms with Crippen LogP contribution in [0, 0.1) is 17.8 Å². The lowest BCUT2D eigenvalue weighted by Gasteiger charge is -2.33. The number of hydrogen-bond acceptors (Lipinski definition) is 18. The van der Waals surface area contributed by atoms with Crippen LogP contribution in [-0.2, 0) is 81.7 Å². The molecular weight excluding hydrogens is 1160 g/mol.